The molecule has 1 aliphatic rings. The number of H-pyrrole nitrogens is 1. The number of fused-ring (bicyclic) bond motifs is 1. The van der Waals surface area contributed by atoms with Gasteiger partial charge in [-0.2, -0.15) is 10.4 Å². The molecule has 4 heteroatoms. The number of nitrogens with zero attached hydrogens (tertiary/aromatic N) is 3. The van der Waals surface area contributed by atoms with Crippen LogP contribution in [0.4, 0.5) is 5.82 Å². The lowest BCUT2D eigenvalue weighted by Crippen LogP contribution is -2.27. The largest absolute Gasteiger partial charge is 0.351 e. The van der Waals surface area contributed by atoms with Crippen molar-refractivity contribution in [3.05, 3.63) is 35.9 Å². The summed E-state index contributed by atoms with van der Waals surface area (Å²) in [5.74, 6) is 0.946. The average molecular weight is 224 g/mol. The normalized spacial score (nSPS) is 15.1. The Balaban J connectivity index is 2.10. The van der Waals surface area contributed by atoms with Crippen LogP contribution in [-0.4, -0.2) is 23.3 Å². The Morgan fingerprint density at radius 1 is 1.35 bits per heavy atom. The molecule has 84 valence electrons. The molecular weight excluding hydrogens is 212 g/mol. The molecule has 17 heavy (non-hydrogen) atoms. The lowest BCUT2D eigenvalue weighted by Gasteiger charge is -2.23. The fraction of sp³-hybridized carbons (Fsp3) is 0.231. The molecule has 0 saturated heterocycles. The van der Waals surface area contributed by atoms with Crippen molar-refractivity contribution in [3.8, 4) is 6.07 Å². The van der Waals surface area contributed by atoms with Gasteiger partial charge in [0.1, 0.15) is 0 Å². The molecule has 4 nitrogen and oxygen atoms in total. The third-order valence-electron chi connectivity index (χ3n) is 3.03. The van der Waals surface area contributed by atoms with E-state index in [0.29, 0.717) is 5.56 Å². The maximum Gasteiger partial charge on any atom is 0.158 e. The first kappa shape index (κ1) is 9.91. The molecule has 1 aromatic carbocycles. The van der Waals surface area contributed by atoms with Gasteiger partial charge in [-0.05, 0) is 24.6 Å². The molecule has 1 N–H and O–H groups in total. The van der Waals surface area contributed by atoms with Crippen molar-refractivity contribution in [1.29, 1.82) is 5.26 Å². The molecule has 2 aromatic rings. The monoisotopic (exact) mass is 224 g/mol. The number of nitriles is 1. The first-order valence-electron chi connectivity index (χ1n) is 5.66. The fourth-order valence-corrected chi connectivity index (χ4v) is 2.14. The van der Waals surface area contributed by atoms with Crippen molar-refractivity contribution >= 4 is 16.7 Å². The molecule has 3 rings (SSSR count). The van der Waals surface area contributed by atoms with Gasteiger partial charge in [-0.25, -0.2) is 0 Å². The first-order chi connectivity index (χ1) is 8.38. The number of rotatable bonds is 1. The molecule has 0 spiro atoms. The summed E-state index contributed by atoms with van der Waals surface area (Å²) in [6, 6.07) is 7.77. The second-order valence-electron chi connectivity index (χ2n) is 4.13. The summed E-state index contributed by atoms with van der Waals surface area (Å²) < 4.78 is 0. The summed E-state index contributed by atoms with van der Waals surface area (Å²) in [5.41, 5.74) is 1.65. The van der Waals surface area contributed by atoms with Gasteiger partial charge < -0.3 is 4.90 Å². The number of hydrogen-bond donors (Lipinski definition) is 1. The Hall–Kier alpha value is -2.28. The summed E-state index contributed by atoms with van der Waals surface area (Å²) >= 11 is 0. The molecule has 1 aromatic heterocycles. The van der Waals surface area contributed by atoms with Crippen LogP contribution < -0.4 is 4.90 Å². The molecule has 0 unspecified atom stereocenters. The van der Waals surface area contributed by atoms with E-state index < -0.39 is 0 Å². The highest BCUT2D eigenvalue weighted by Gasteiger charge is 2.14. The molecule has 1 aliphatic heterocycles. The van der Waals surface area contributed by atoms with Crippen molar-refractivity contribution in [2.45, 2.75) is 6.42 Å². The highest BCUT2D eigenvalue weighted by Crippen LogP contribution is 2.25. The Morgan fingerprint density at radius 2 is 2.29 bits per heavy atom. The van der Waals surface area contributed by atoms with Crippen LogP contribution in [0.2, 0.25) is 0 Å². The first-order valence-corrected chi connectivity index (χ1v) is 5.66. The highest BCUT2D eigenvalue weighted by molar-refractivity contribution is 5.91. The number of aromatic amines is 1. The Kier molecular flexibility index (Phi) is 2.30. The minimum atomic E-state index is 0.674. The quantitative estimate of drug-likeness (QED) is 0.755. The van der Waals surface area contributed by atoms with Crippen LogP contribution in [0.3, 0.4) is 0 Å². The summed E-state index contributed by atoms with van der Waals surface area (Å²) in [5, 5.41) is 17.3. The van der Waals surface area contributed by atoms with E-state index in [1.165, 1.54) is 0 Å². The van der Waals surface area contributed by atoms with Crippen LogP contribution in [0.5, 0.6) is 0 Å². The zero-order valence-electron chi connectivity index (χ0n) is 9.35. The van der Waals surface area contributed by atoms with Crippen molar-refractivity contribution in [2.24, 2.45) is 0 Å². The van der Waals surface area contributed by atoms with E-state index in [-0.39, 0.29) is 0 Å². The topological polar surface area (TPSA) is 55.7 Å². The predicted molar refractivity (Wildman–Crippen MR) is 66.8 cm³/mol. The Morgan fingerprint density at radius 3 is 3.06 bits per heavy atom. The zero-order valence-corrected chi connectivity index (χ0v) is 9.35. The van der Waals surface area contributed by atoms with Crippen LogP contribution in [0, 0.1) is 11.3 Å². The van der Waals surface area contributed by atoms with Crippen LogP contribution in [0.1, 0.15) is 12.0 Å². The SMILES string of the molecule is N#Cc1ccc2[nH]nc(N3CC=CCC3)c2c1. The van der Waals surface area contributed by atoms with Crippen molar-refractivity contribution in [3.63, 3.8) is 0 Å². The Labute approximate surface area is 99.2 Å². The van der Waals surface area contributed by atoms with Crippen LogP contribution in [0.15, 0.2) is 30.4 Å². The number of hydrogen-bond acceptors (Lipinski definition) is 3. The summed E-state index contributed by atoms with van der Waals surface area (Å²) in [6.45, 7) is 1.87. The molecule has 0 fully saturated rings. The van der Waals surface area contributed by atoms with E-state index in [0.717, 1.165) is 36.2 Å². The van der Waals surface area contributed by atoms with Crippen LogP contribution in [0.25, 0.3) is 10.9 Å². The van der Waals surface area contributed by atoms with E-state index in [2.05, 4.69) is 33.3 Å². The zero-order chi connectivity index (χ0) is 11.7. The van der Waals surface area contributed by atoms with E-state index >= 15 is 0 Å². The van der Waals surface area contributed by atoms with E-state index in [4.69, 9.17) is 5.26 Å². The average Bonchev–Trinajstić information content (AvgIpc) is 2.82. The number of anilines is 1. The van der Waals surface area contributed by atoms with E-state index in [1.54, 1.807) is 6.07 Å². The minimum absolute atomic E-state index is 0.674. The van der Waals surface area contributed by atoms with Gasteiger partial charge in [-0.15, -0.1) is 0 Å². The van der Waals surface area contributed by atoms with Crippen LogP contribution >= 0.6 is 0 Å². The lowest BCUT2D eigenvalue weighted by molar-refractivity contribution is 0.804. The van der Waals surface area contributed by atoms with Gasteiger partial charge >= 0.3 is 0 Å². The number of nitrogens with one attached hydrogen (secondary N) is 1. The highest BCUT2D eigenvalue weighted by atomic mass is 15.3. The molecule has 0 saturated carbocycles. The maximum absolute atomic E-state index is 8.93. The van der Waals surface area contributed by atoms with Crippen molar-refractivity contribution < 1.29 is 0 Å². The van der Waals surface area contributed by atoms with Gasteiger partial charge in [0.15, 0.2) is 5.82 Å². The molecule has 0 aliphatic carbocycles. The summed E-state index contributed by atoms with van der Waals surface area (Å²) in [6.07, 6.45) is 5.39. The summed E-state index contributed by atoms with van der Waals surface area (Å²) in [7, 11) is 0. The number of aromatic nitrogens is 2. The fourth-order valence-electron chi connectivity index (χ4n) is 2.14. The van der Waals surface area contributed by atoms with Crippen molar-refractivity contribution in [2.75, 3.05) is 18.0 Å². The second kappa shape index (κ2) is 3.95. The van der Waals surface area contributed by atoms with Gasteiger partial charge in [-0.1, -0.05) is 12.2 Å². The van der Waals surface area contributed by atoms with Gasteiger partial charge in [0.05, 0.1) is 17.1 Å². The molecule has 0 atom stereocenters. The Bertz CT molecular complexity index is 618. The van der Waals surface area contributed by atoms with Gasteiger partial charge in [-0.3, -0.25) is 5.10 Å². The second-order valence-corrected chi connectivity index (χ2v) is 4.13. The van der Waals surface area contributed by atoms with Gasteiger partial charge in [0, 0.05) is 18.5 Å². The molecule has 2 heterocycles. The van der Waals surface area contributed by atoms with Crippen molar-refractivity contribution in [1.82, 2.24) is 10.2 Å². The van der Waals surface area contributed by atoms with E-state index in [1.807, 2.05) is 12.1 Å². The van der Waals surface area contributed by atoms with Gasteiger partial charge in [0.25, 0.3) is 0 Å². The van der Waals surface area contributed by atoms with Crippen LogP contribution in [-0.2, 0) is 0 Å². The summed E-state index contributed by atoms with van der Waals surface area (Å²) in [4.78, 5) is 2.22. The molecule has 0 bridgehead atoms. The minimum Gasteiger partial charge on any atom is -0.351 e. The van der Waals surface area contributed by atoms with Gasteiger partial charge in [0.2, 0.25) is 0 Å². The standard InChI is InChI=1S/C13H12N4/c14-9-10-4-5-12-11(8-10)13(16-15-12)17-6-2-1-3-7-17/h1-2,4-5,8H,3,6-7H2,(H,15,16). The molecule has 0 radical (unpaired) electrons. The molecule has 0 amide bonds. The molecular formula is C13H12N4. The number of benzene rings is 1. The predicted octanol–water partition coefficient (Wildman–Crippen LogP) is 2.20. The third kappa shape index (κ3) is 1.66. The third-order valence-corrected chi connectivity index (χ3v) is 3.03. The lowest BCUT2D eigenvalue weighted by atomic mass is 10.1. The van der Waals surface area contributed by atoms with E-state index in [9.17, 15) is 0 Å². The maximum atomic E-state index is 8.93. The smallest absolute Gasteiger partial charge is 0.158 e.